The molecule has 0 saturated heterocycles. The number of aromatic nitrogens is 2. The Bertz CT molecular complexity index is 566. The Hall–Kier alpha value is -2.28. The van der Waals surface area contributed by atoms with Crippen LogP contribution in [0.3, 0.4) is 0 Å². The summed E-state index contributed by atoms with van der Waals surface area (Å²) in [6.45, 7) is 2.46. The first-order valence-electron chi connectivity index (χ1n) is 5.30. The van der Waals surface area contributed by atoms with Gasteiger partial charge in [-0.15, -0.1) is 0 Å². The molecule has 4 nitrogen and oxygen atoms in total. The van der Waals surface area contributed by atoms with Crippen LogP contribution in [-0.2, 0) is 13.7 Å². The van der Waals surface area contributed by atoms with Crippen LogP contribution in [0, 0.1) is 18.3 Å². The van der Waals surface area contributed by atoms with Crippen molar-refractivity contribution in [2.75, 3.05) is 0 Å². The van der Waals surface area contributed by atoms with Crippen molar-refractivity contribution in [1.29, 1.82) is 5.26 Å². The number of ether oxygens (including phenoxy) is 1. The maximum Gasteiger partial charge on any atom is 0.157 e. The van der Waals surface area contributed by atoms with Crippen LogP contribution in [0.25, 0.3) is 0 Å². The summed E-state index contributed by atoms with van der Waals surface area (Å²) < 4.78 is 7.30. The molecule has 1 aromatic heterocycles. The molecule has 0 amide bonds. The van der Waals surface area contributed by atoms with Gasteiger partial charge in [0.25, 0.3) is 0 Å². The Morgan fingerprint density at radius 2 is 2.29 bits per heavy atom. The van der Waals surface area contributed by atoms with E-state index >= 15 is 0 Å². The number of benzene rings is 1. The molecule has 0 saturated carbocycles. The zero-order valence-corrected chi connectivity index (χ0v) is 9.84. The van der Waals surface area contributed by atoms with Gasteiger partial charge in [-0.3, -0.25) is 4.68 Å². The SMILES string of the molecule is Cc1cc(C#N)ccc1COc1cnn(C)c1. The van der Waals surface area contributed by atoms with Crippen molar-refractivity contribution >= 4 is 0 Å². The summed E-state index contributed by atoms with van der Waals surface area (Å²) in [5.74, 6) is 0.747. The zero-order chi connectivity index (χ0) is 12.3. The molecule has 0 aliphatic carbocycles. The fraction of sp³-hybridized carbons (Fsp3) is 0.231. The highest BCUT2D eigenvalue weighted by atomic mass is 16.5. The highest BCUT2D eigenvalue weighted by Crippen LogP contribution is 2.14. The first kappa shape index (κ1) is 11.2. The maximum absolute atomic E-state index is 8.77. The van der Waals surface area contributed by atoms with Gasteiger partial charge in [-0.25, -0.2) is 0 Å². The van der Waals surface area contributed by atoms with Crippen molar-refractivity contribution in [3.05, 3.63) is 47.3 Å². The molecule has 0 unspecified atom stereocenters. The summed E-state index contributed by atoms with van der Waals surface area (Å²) in [7, 11) is 1.85. The lowest BCUT2D eigenvalue weighted by Gasteiger charge is -2.06. The van der Waals surface area contributed by atoms with Crippen molar-refractivity contribution in [2.45, 2.75) is 13.5 Å². The Morgan fingerprint density at radius 1 is 1.47 bits per heavy atom. The number of hydrogen-bond acceptors (Lipinski definition) is 3. The molecule has 17 heavy (non-hydrogen) atoms. The predicted octanol–water partition coefficient (Wildman–Crippen LogP) is 2.18. The minimum atomic E-state index is 0.489. The Morgan fingerprint density at radius 3 is 2.88 bits per heavy atom. The van der Waals surface area contributed by atoms with Gasteiger partial charge in [0.2, 0.25) is 0 Å². The van der Waals surface area contributed by atoms with E-state index in [2.05, 4.69) is 11.2 Å². The second kappa shape index (κ2) is 4.71. The van der Waals surface area contributed by atoms with Gasteiger partial charge in [-0.2, -0.15) is 10.4 Å². The van der Waals surface area contributed by atoms with E-state index in [1.54, 1.807) is 16.9 Å². The van der Waals surface area contributed by atoms with Gasteiger partial charge < -0.3 is 4.74 Å². The van der Waals surface area contributed by atoms with E-state index in [9.17, 15) is 0 Å². The average Bonchev–Trinajstić information content (AvgIpc) is 2.73. The Kier molecular flexibility index (Phi) is 3.10. The van der Waals surface area contributed by atoms with Crippen LogP contribution >= 0.6 is 0 Å². The third kappa shape index (κ3) is 2.64. The third-order valence-electron chi connectivity index (χ3n) is 2.55. The van der Waals surface area contributed by atoms with Gasteiger partial charge in [-0.1, -0.05) is 6.07 Å². The maximum atomic E-state index is 8.77. The van der Waals surface area contributed by atoms with Crippen LogP contribution in [0.1, 0.15) is 16.7 Å². The second-order valence-corrected chi connectivity index (χ2v) is 3.89. The standard InChI is InChI=1S/C13H13N3O/c1-10-5-11(6-14)3-4-12(10)9-17-13-7-15-16(2)8-13/h3-5,7-8H,9H2,1-2H3. The van der Waals surface area contributed by atoms with Gasteiger partial charge in [0.1, 0.15) is 6.61 Å². The molecule has 1 heterocycles. The lowest BCUT2D eigenvalue weighted by atomic mass is 10.1. The van der Waals surface area contributed by atoms with Crippen molar-refractivity contribution in [1.82, 2.24) is 9.78 Å². The molecule has 0 N–H and O–H groups in total. The predicted molar refractivity (Wildman–Crippen MR) is 63.4 cm³/mol. The van der Waals surface area contributed by atoms with Crippen LogP contribution in [0.4, 0.5) is 0 Å². The van der Waals surface area contributed by atoms with Gasteiger partial charge in [0, 0.05) is 7.05 Å². The summed E-state index contributed by atoms with van der Waals surface area (Å²) in [4.78, 5) is 0. The van der Waals surface area contributed by atoms with E-state index in [0.717, 1.165) is 16.9 Å². The lowest BCUT2D eigenvalue weighted by molar-refractivity contribution is 0.305. The summed E-state index contributed by atoms with van der Waals surface area (Å²) in [5, 5.41) is 12.8. The molecule has 0 atom stereocenters. The van der Waals surface area contributed by atoms with Crippen molar-refractivity contribution in [3.63, 3.8) is 0 Å². The minimum absolute atomic E-state index is 0.489. The van der Waals surface area contributed by atoms with E-state index in [1.807, 2.05) is 32.3 Å². The van der Waals surface area contributed by atoms with Crippen LogP contribution in [0.2, 0.25) is 0 Å². The van der Waals surface area contributed by atoms with Crippen LogP contribution in [-0.4, -0.2) is 9.78 Å². The molecule has 0 aliphatic heterocycles. The highest BCUT2D eigenvalue weighted by Gasteiger charge is 2.02. The lowest BCUT2D eigenvalue weighted by Crippen LogP contribution is -1.97. The molecule has 2 aromatic rings. The van der Waals surface area contributed by atoms with Crippen LogP contribution < -0.4 is 4.74 Å². The minimum Gasteiger partial charge on any atom is -0.486 e. The Balaban J connectivity index is 2.07. The molecule has 4 heteroatoms. The molecule has 0 spiro atoms. The number of aryl methyl sites for hydroxylation is 2. The molecule has 0 bridgehead atoms. The zero-order valence-electron chi connectivity index (χ0n) is 9.84. The quantitative estimate of drug-likeness (QED) is 0.807. The number of nitriles is 1. The fourth-order valence-corrected chi connectivity index (χ4v) is 1.56. The molecular weight excluding hydrogens is 214 g/mol. The smallest absolute Gasteiger partial charge is 0.157 e. The largest absolute Gasteiger partial charge is 0.486 e. The Labute approximate surface area is 100 Å². The van der Waals surface area contributed by atoms with Gasteiger partial charge in [0.15, 0.2) is 5.75 Å². The first-order valence-corrected chi connectivity index (χ1v) is 5.30. The molecule has 2 rings (SSSR count). The van der Waals surface area contributed by atoms with E-state index < -0.39 is 0 Å². The fourth-order valence-electron chi connectivity index (χ4n) is 1.56. The van der Waals surface area contributed by atoms with Gasteiger partial charge >= 0.3 is 0 Å². The van der Waals surface area contributed by atoms with Crippen molar-refractivity contribution in [2.24, 2.45) is 7.05 Å². The normalized spacial score (nSPS) is 9.94. The topological polar surface area (TPSA) is 50.8 Å². The molecule has 86 valence electrons. The molecular formula is C13H13N3O. The summed E-state index contributed by atoms with van der Waals surface area (Å²) in [6.07, 6.45) is 3.50. The van der Waals surface area contributed by atoms with Crippen LogP contribution in [0.15, 0.2) is 30.6 Å². The molecule has 0 radical (unpaired) electrons. The van der Waals surface area contributed by atoms with E-state index in [4.69, 9.17) is 10.00 Å². The molecule has 0 fully saturated rings. The van der Waals surface area contributed by atoms with Crippen LogP contribution in [0.5, 0.6) is 5.75 Å². The summed E-state index contributed by atoms with van der Waals surface area (Å²) >= 11 is 0. The van der Waals surface area contributed by atoms with Gasteiger partial charge in [-0.05, 0) is 30.2 Å². The first-order chi connectivity index (χ1) is 8.19. The number of rotatable bonds is 3. The summed E-state index contributed by atoms with van der Waals surface area (Å²) in [5.41, 5.74) is 2.81. The number of nitrogens with zero attached hydrogens (tertiary/aromatic N) is 3. The number of hydrogen-bond donors (Lipinski definition) is 0. The van der Waals surface area contributed by atoms with Crippen molar-refractivity contribution in [3.8, 4) is 11.8 Å². The van der Waals surface area contributed by atoms with E-state index in [-0.39, 0.29) is 0 Å². The average molecular weight is 227 g/mol. The monoisotopic (exact) mass is 227 g/mol. The molecule has 0 aliphatic rings. The third-order valence-corrected chi connectivity index (χ3v) is 2.55. The second-order valence-electron chi connectivity index (χ2n) is 3.89. The molecule has 1 aromatic carbocycles. The van der Waals surface area contributed by atoms with Crippen molar-refractivity contribution < 1.29 is 4.74 Å². The van der Waals surface area contributed by atoms with E-state index in [0.29, 0.717) is 12.2 Å². The van der Waals surface area contributed by atoms with E-state index in [1.165, 1.54) is 0 Å². The summed E-state index contributed by atoms with van der Waals surface area (Å²) in [6, 6.07) is 7.70. The van der Waals surface area contributed by atoms with Gasteiger partial charge in [0.05, 0.1) is 24.0 Å². The highest BCUT2D eigenvalue weighted by molar-refractivity contribution is 5.37.